The van der Waals surface area contributed by atoms with Gasteiger partial charge in [-0.25, -0.2) is 9.59 Å². The zero-order valence-electron chi connectivity index (χ0n) is 14.9. The van der Waals surface area contributed by atoms with Crippen molar-refractivity contribution in [2.75, 3.05) is 5.75 Å². The van der Waals surface area contributed by atoms with Crippen molar-refractivity contribution in [3.63, 3.8) is 0 Å². The Morgan fingerprint density at radius 1 is 1.14 bits per heavy atom. The summed E-state index contributed by atoms with van der Waals surface area (Å²) in [6.07, 6.45) is -0.584. The van der Waals surface area contributed by atoms with Gasteiger partial charge >= 0.3 is 11.9 Å². The van der Waals surface area contributed by atoms with E-state index < -0.39 is 41.7 Å². The molecule has 3 atom stereocenters. The van der Waals surface area contributed by atoms with Crippen LogP contribution in [0.15, 0.2) is 24.3 Å². The Morgan fingerprint density at radius 2 is 1.71 bits per heavy atom. The molecule has 10 heteroatoms. The normalized spacial score (nSPS) is 22.3. The molecule has 1 aromatic rings. The second-order valence-corrected chi connectivity index (χ2v) is 7.86. The number of thioether (sulfide) groups is 1. The number of carboxylic acids is 2. The summed E-state index contributed by atoms with van der Waals surface area (Å²) < 4.78 is 0. The Labute approximate surface area is 164 Å². The van der Waals surface area contributed by atoms with Crippen LogP contribution in [0.1, 0.15) is 40.5 Å². The molecule has 1 fully saturated rings. The highest BCUT2D eigenvalue weighted by atomic mass is 32.2. The molecule has 0 bridgehead atoms. The lowest BCUT2D eigenvalue weighted by molar-refractivity contribution is -0.149. The van der Waals surface area contributed by atoms with Crippen LogP contribution < -0.4 is 0 Å². The minimum Gasteiger partial charge on any atom is -0.480 e. The van der Waals surface area contributed by atoms with E-state index in [9.17, 15) is 34.2 Å². The van der Waals surface area contributed by atoms with E-state index in [-0.39, 0.29) is 35.1 Å². The van der Waals surface area contributed by atoms with Crippen molar-refractivity contribution in [3.8, 4) is 0 Å². The molecule has 148 valence electrons. The zero-order valence-corrected chi connectivity index (χ0v) is 15.7. The first kappa shape index (κ1) is 19.9. The van der Waals surface area contributed by atoms with Gasteiger partial charge in [-0.2, -0.15) is 0 Å². The molecular formula is C18H18N2O7S. The maximum atomic E-state index is 12.6. The van der Waals surface area contributed by atoms with Gasteiger partial charge in [-0.05, 0) is 25.5 Å². The first-order valence-corrected chi connectivity index (χ1v) is 9.64. The number of hydrogen-bond donors (Lipinski definition) is 2. The molecular weight excluding hydrogens is 388 g/mol. The number of hydrogen-bond acceptors (Lipinski definition) is 6. The highest BCUT2D eigenvalue weighted by Crippen LogP contribution is 2.31. The maximum absolute atomic E-state index is 12.6. The smallest absolute Gasteiger partial charge is 0.327 e. The van der Waals surface area contributed by atoms with Crippen molar-refractivity contribution in [2.24, 2.45) is 0 Å². The van der Waals surface area contributed by atoms with E-state index in [4.69, 9.17) is 0 Å². The number of imide groups is 1. The van der Waals surface area contributed by atoms with Crippen LogP contribution >= 0.6 is 11.8 Å². The third-order valence-corrected chi connectivity index (χ3v) is 6.07. The van der Waals surface area contributed by atoms with Gasteiger partial charge in [0.05, 0.1) is 16.5 Å². The van der Waals surface area contributed by atoms with Gasteiger partial charge in [0.2, 0.25) is 5.91 Å². The number of benzene rings is 1. The number of aliphatic carboxylic acids is 2. The summed E-state index contributed by atoms with van der Waals surface area (Å²) in [4.78, 5) is 62.5. The Hall–Kier alpha value is -2.88. The van der Waals surface area contributed by atoms with Crippen LogP contribution in [0.5, 0.6) is 0 Å². The van der Waals surface area contributed by atoms with Gasteiger partial charge in [0.15, 0.2) is 0 Å². The van der Waals surface area contributed by atoms with Crippen LogP contribution in [0, 0.1) is 0 Å². The van der Waals surface area contributed by atoms with E-state index in [1.54, 1.807) is 19.1 Å². The molecule has 2 heterocycles. The van der Waals surface area contributed by atoms with Crippen molar-refractivity contribution in [1.82, 2.24) is 9.80 Å². The molecule has 0 radical (unpaired) electrons. The second-order valence-electron chi connectivity index (χ2n) is 6.51. The van der Waals surface area contributed by atoms with Crippen LogP contribution in [0.2, 0.25) is 0 Å². The Kier molecular flexibility index (Phi) is 5.41. The predicted octanol–water partition coefficient (Wildman–Crippen LogP) is 0.891. The monoisotopic (exact) mass is 406 g/mol. The van der Waals surface area contributed by atoms with Gasteiger partial charge in [0.1, 0.15) is 12.1 Å². The quantitative estimate of drug-likeness (QED) is 0.666. The van der Waals surface area contributed by atoms with Crippen molar-refractivity contribution in [2.45, 2.75) is 37.2 Å². The number of nitrogens with zero attached hydrogens (tertiary/aromatic N) is 2. The minimum absolute atomic E-state index is 0.126. The highest BCUT2D eigenvalue weighted by molar-refractivity contribution is 8.00. The Bertz CT molecular complexity index is 836. The number of carbonyl (C=O) groups is 5. The fourth-order valence-corrected chi connectivity index (χ4v) is 4.64. The molecule has 3 amide bonds. The molecule has 1 aromatic carbocycles. The molecule has 3 rings (SSSR count). The first-order valence-electron chi connectivity index (χ1n) is 8.59. The number of fused-ring (bicyclic) bond motifs is 1. The van der Waals surface area contributed by atoms with Gasteiger partial charge in [0.25, 0.3) is 11.8 Å². The number of amides is 3. The Morgan fingerprint density at radius 3 is 2.21 bits per heavy atom. The lowest BCUT2D eigenvalue weighted by Crippen LogP contribution is -2.47. The molecule has 2 N–H and O–H groups in total. The number of carbonyl (C=O) groups excluding carboxylic acids is 3. The van der Waals surface area contributed by atoms with Crippen molar-refractivity contribution in [1.29, 1.82) is 0 Å². The zero-order chi connectivity index (χ0) is 20.6. The van der Waals surface area contributed by atoms with Gasteiger partial charge in [-0.3, -0.25) is 19.3 Å². The van der Waals surface area contributed by atoms with Gasteiger partial charge in [0, 0.05) is 12.2 Å². The fourth-order valence-electron chi connectivity index (χ4n) is 3.45. The standard InChI is InChI=1S/C18H18N2O7S/c1-9-19(13(8-28-9)18(26)27)14(21)7-6-12(17(24)25)20-15(22)10-4-2-3-5-11(10)16(20)23/h2-5,9,12-13H,6-8H2,1H3,(H,24,25)(H,26,27)/t9?,12-,13-/m0/s1. The molecule has 0 aromatic heterocycles. The third kappa shape index (κ3) is 3.35. The van der Waals surface area contributed by atoms with Crippen LogP contribution in [-0.4, -0.2) is 72.9 Å². The van der Waals surface area contributed by atoms with Gasteiger partial charge < -0.3 is 15.1 Å². The van der Waals surface area contributed by atoms with E-state index in [1.165, 1.54) is 28.8 Å². The molecule has 1 saturated heterocycles. The first-order chi connectivity index (χ1) is 13.2. The average Bonchev–Trinajstić information content (AvgIpc) is 3.15. The SMILES string of the molecule is CC1SC[C@@H](C(=O)O)N1C(=O)CC[C@@H](C(=O)O)N1C(=O)c2ccccc2C1=O. The summed E-state index contributed by atoms with van der Waals surface area (Å²) in [5, 5.41) is 18.5. The summed E-state index contributed by atoms with van der Waals surface area (Å²) in [5.74, 6) is -4.22. The van der Waals surface area contributed by atoms with Gasteiger partial charge in [-0.15, -0.1) is 11.8 Å². The largest absolute Gasteiger partial charge is 0.480 e. The molecule has 1 unspecified atom stereocenters. The predicted molar refractivity (Wildman–Crippen MR) is 97.8 cm³/mol. The van der Waals surface area contributed by atoms with Gasteiger partial charge in [-0.1, -0.05) is 12.1 Å². The number of carboxylic acid groups (broad SMARTS) is 2. The topological polar surface area (TPSA) is 132 Å². The third-order valence-electron chi connectivity index (χ3n) is 4.85. The summed E-state index contributed by atoms with van der Waals surface area (Å²) in [6.45, 7) is 1.70. The summed E-state index contributed by atoms with van der Waals surface area (Å²) in [5.41, 5.74) is 0.251. The molecule has 2 aliphatic heterocycles. The lowest BCUT2D eigenvalue weighted by Gasteiger charge is -2.27. The van der Waals surface area contributed by atoms with Crippen LogP contribution in [0.3, 0.4) is 0 Å². The molecule has 28 heavy (non-hydrogen) atoms. The van der Waals surface area contributed by atoms with Crippen LogP contribution in [-0.2, 0) is 14.4 Å². The fraction of sp³-hybridized carbons (Fsp3) is 0.389. The van der Waals surface area contributed by atoms with E-state index in [2.05, 4.69) is 0 Å². The van der Waals surface area contributed by atoms with Crippen LogP contribution in [0.25, 0.3) is 0 Å². The average molecular weight is 406 g/mol. The molecule has 9 nitrogen and oxygen atoms in total. The Balaban J connectivity index is 1.75. The van der Waals surface area contributed by atoms with Crippen molar-refractivity contribution >= 4 is 41.4 Å². The lowest BCUT2D eigenvalue weighted by atomic mass is 10.1. The molecule has 0 saturated carbocycles. The van der Waals surface area contributed by atoms with Crippen molar-refractivity contribution < 1.29 is 34.2 Å². The second kappa shape index (κ2) is 7.63. The molecule has 0 aliphatic carbocycles. The van der Waals surface area contributed by atoms with E-state index in [1.807, 2.05) is 0 Å². The van der Waals surface area contributed by atoms with E-state index in [0.29, 0.717) is 4.90 Å². The summed E-state index contributed by atoms with van der Waals surface area (Å²) in [7, 11) is 0. The van der Waals surface area contributed by atoms with E-state index >= 15 is 0 Å². The summed E-state index contributed by atoms with van der Waals surface area (Å²) in [6, 6.07) is 3.55. The van der Waals surface area contributed by atoms with Crippen LogP contribution in [0.4, 0.5) is 0 Å². The maximum Gasteiger partial charge on any atom is 0.327 e. The molecule has 2 aliphatic rings. The van der Waals surface area contributed by atoms with Crippen molar-refractivity contribution in [3.05, 3.63) is 35.4 Å². The van der Waals surface area contributed by atoms with E-state index in [0.717, 1.165) is 0 Å². The highest BCUT2D eigenvalue weighted by Gasteiger charge is 2.44. The summed E-state index contributed by atoms with van der Waals surface area (Å²) >= 11 is 1.32. The minimum atomic E-state index is -1.51. The molecule has 0 spiro atoms. The number of rotatable bonds is 6.